The molecule has 0 saturated carbocycles. The van der Waals surface area contributed by atoms with Crippen LogP contribution in [0.5, 0.6) is 11.5 Å². The Morgan fingerprint density at radius 2 is 1.89 bits per heavy atom. The summed E-state index contributed by atoms with van der Waals surface area (Å²) in [6.07, 6.45) is 0. The highest BCUT2D eigenvalue weighted by molar-refractivity contribution is 7.99. The van der Waals surface area contributed by atoms with Crippen molar-refractivity contribution in [2.24, 2.45) is 5.92 Å². The van der Waals surface area contributed by atoms with Gasteiger partial charge in [-0.3, -0.25) is 0 Å². The molecule has 0 aromatic heterocycles. The zero-order chi connectivity index (χ0) is 13.3. The molecule has 0 bridgehead atoms. The second kappa shape index (κ2) is 5.11. The Kier molecular flexibility index (Phi) is 3.71. The number of rotatable bonds is 3. The van der Waals surface area contributed by atoms with Gasteiger partial charge in [-0.25, -0.2) is 0 Å². The maximum atomic E-state index is 9.98. The molecule has 3 heteroatoms. The number of benzene rings is 2. The van der Waals surface area contributed by atoms with Gasteiger partial charge >= 0.3 is 0 Å². The van der Waals surface area contributed by atoms with Crippen LogP contribution in [0.1, 0.15) is 19.4 Å². The molecule has 2 N–H and O–H groups in total. The zero-order valence-corrected chi connectivity index (χ0v) is 11.7. The van der Waals surface area contributed by atoms with E-state index < -0.39 is 0 Å². The molecule has 0 fully saturated rings. The minimum absolute atomic E-state index is 0.144. The zero-order valence-electron chi connectivity index (χ0n) is 10.9. The summed E-state index contributed by atoms with van der Waals surface area (Å²) in [5, 5.41) is 21.4. The van der Waals surface area contributed by atoms with Crippen LogP contribution in [0.3, 0.4) is 0 Å². The molecule has 0 aliphatic heterocycles. The lowest BCUT2D eigenvalue weighted by atomic mass is 10.1. The molecular formula is C15H18O2S. The van der Waals surface area contributed by atoms with E-state index in [4.69, 9.17) is 0 Å². The van der Waals surface area contributed by atoms with E-state index in [0.29, 0.717) is 11.5 Å². The quantitative estimate of drug-likeness (QED) is 0.810. The molecule has 0 aliphatic carbocycles. The number of fused-ring (bicyclic) bond motifs is 1. The van der Waals surface area contributed by atoms with Crippen molar-refractivity contribution in [1.82, 2.24) is 0 Å². The average Bonchev–Trinajstić information content (AvgIpc) is 2.33. The fourth-order valence-corrected chi connectivity index (χ4v) is 2.71. The summed E-state index contributed by atoms with van der Waals surface area (Å²) < 4.78 is 0. The van der Waals surface area contributed by atoms with Crippen LogP contribution >= 0.6 is 11.8 Å². The summed E-state index contributed by atoms with van der Waals surface area (Å²) in [6, 6.07) is 7.66. The van der Waals surface area contributed by atoms with Crippen molar-refractivity contribution in [2.45, 2.75) is 25.7 Å². The third-order valence-corrected chi connectivity index (χ3v) is 4.31. The van der Waals surface area contributed by atoms with E-state index in [2.05, 4.69) is 13.8 Å². The van der Waals surface area contributed by atoms with Gasteiger partial charge in [-0.1, -0.05) is 13.8 Å². The van der Waals surface area contributed by atoms with E-state index in [1.807, 2.05) is 18.2 Å². The first-order valence-electron chi connectivity index (χ1n) is 6.07. The first kappa shape index (κ1) is 13.1. The highest BCUT2D eigenvalue weighted by Gasteiger charge is 2.09. The number of hydrogen-bond acceptors (Lipinski definition) is 3. The Morgan fingerprint density at radius 1 is 1.17 bits per heavy atom. The van der Waals surface area contributed by atoms with E-state index in [1.54, 1.807) is 24.8 Å². The second-order valence-corrected chi connectivity index (χ2v) is 6.05. The van der Waals surface area contributed by atoms with Crippen molar-refractivity contribution in [3.8, 4) is 11.5 Å². The summed E-state index contributed by atoms with van der Waals surface area (Å²) in [4.78, 5) is 1.17. The van der Waals surface area contributed by atoms with Gasteiger partial charge in [0, 0.05) is 21.6 Å². The molecule has 0 aliphatic rings. The first-order chi connectivity index (χ1) is 8.49. The SMILES string of the molecule is Cc1c(O)cc2cc(SCC(C)C)ccc2c1O. The fourth-order valence-electron chi connectivity index (χ4n) is 1.81. The molecule has 2 nitrogen and oxygen atoms in total. The van der Waals surface area contributed by atoms with Crippen molar-refractivity contribution in [3.63, 3.8) is 0 Å². The van der Waals surface area contributed by atoms with Crippen LogP contribution in [0, 0.1) is 12.8 Å². The van der Waals surface area contributed by atoms with Crippen LogP contribution in [0.25, 0.3) is 10.8 Å². The number of phenolic OH excluding ortho intramolecular Hbond substituents is 2. The molecule has 0 saturated heterocycles. The van der Waals surface area contributed by atoms with Crippen LogP contribution in [-0.4, -0.2) is 16.0 Å². The number of phenols is 2. The highest BCUT2D eigenvalue weighted by Crippen LogP contribution is 2.36. The Balaban J connectivity index is 2.43. The Morgan fingerprint density at radius 3 is 2.56 bits per heavy atom. The molecule has 2 aromatic carbocycles. The largest absolute Gasteiger partial charge is 0.508 e. The normalized spacial score (nSPS) is 11.3. The maximum Gasteiger partial charge on any atom is 0.129 e. The Labute approximate surface area is 112 Å². The third-order valence-electron chi connectivity index (χ3n) is 2.89. The van der Waals surface area contributed by atoms with Gasteiger partial charge in [-0.2, -0.15) is 0 Å². The molecule has 96 valence electrons. The van der Waals surface area contributed by atoms with Crippen LogP contribution in [-0.2, 0) is 0 Å². The molecule has 0 radical (unpaired) electrons. The maximum absolute atomic E-state index is 9.98. The predicted molar refractivity (Wildman–Crippen MR) is 77.6 cm³/mol. The minimum Gasteiger partial charge on any atom is -0.508 e. The molecule has 0 unspecified atom stereocenters. The van der Waals surface area contributed by atoms with Crippen molar-refractivity contribution < 1.29 is 10.2 Å². The molecule has 2 rings (SSSR count). The number of aromatic hydroxyl groups is 2. The smallest absolute Gasteiger partial charge is 0.129 e. The monoisotopic (exact) mass is 262 g/mol. The summed E-state index contributed by atoms with van der Waals surface area (Å²) in [7, 11) is 0. The Bertz CT molecular complexity index is 576. The van der Waals surface area contributed by atoms with Crippen LogP contribution in [0.2, 0.25) is 0 Å². The van der Waals surface area contributed by atoms with E-state index in [-0.39, 0.29) is 11.5 Å². The van der Waals surface area contributed by atoms with Gasteiger partial charge in [0.15, 0.2) is 0 Å². The summed E-state index contributed by atoms with van der Waals surface area (Å²) in [5.74, 6) is 2.02. The van der Waals surface area contributed by atoms with Crippen LogP contribution in [0.15, 0.2) is 29.2 Å². The second-order valence-electron chi connectivity index (χ2n) is 4.96. The molecule has 0 atom stereocenters. The van der Waals surface area contributed by atoms with Gasteiger partial charge in [0.25, 0.3) is 0 Å². The van der Waals surface area contributed by atoms with Crippen molar-refractivity contribution in [3.05, 3.63) is 29.8 Å². The molecular weight excluding hydrogens is 244 g/mol. The first-order valence-corrected chi connectivity index (χ1v) is 7.05. The lowest BCUT2D eigenvalue weighted by molar-refractivity contribution is 0.448. The van der Waals surface area contributed by atoms with Gasteiger partial charge in [0.1, 0.15) is 11.5 Å². The number of hydrogen-bond donors (Lipinski definition) is 2. The van der Waals surface area contributed by atoms with Gasteiger partial charge in [0.2, 0.25) is 0 Å². The highest BCUT2D eigenvalue weighted by atomic mass is 32.2. The average molecular weight is 262 g/mol. The molecule has 18 heavy (non-hydrogen) atoms. The standard InChI is InChI=1S/C15H18O2S/c1-9(2)8-18-12-4-5-13-11(6-12)7-14(16)10(3)15(13)17/h4-7,9,16-17H,8H2,1-3H3. The summed E-state index contributed by atoms with van der Waals surface area (Å²) >= 11 is 1.80. The number of thioether (sulfide) groups is 1. The third kappa shape index (κ3) is 2.56. The topological polar surface area (TPSA) is 40.5 Å². The van der Waals surface area contributed by atoms with E-state index in [1.165, 1.54) is 4.90 Å². The fraction of sp³-hybridized carbons (Fsp3) is 0.333. The van der Waals surface area contributed by atoms with Gasteiger partial charge in [-0.05, 0) is 42.5 Å². The van der Waals surface area contributed by atoms with Crippen molar-refractivity contribution >= 4 is 22.5 Å². The molecule has 2 aromatic rings. The minimum atomic E-state index is 0.144. The van der Waals surface area contributed by atoms with Crippen LogP contribution in [0.4, 0.5) is 0 Å². The molecule has 0 amide bonds. The van der Waals surface area contributed by atoms with E-state index >= 15 is 0 Å². The molecule has 0 heterocycles. The Hall–Kier alpha value is -1.35. The van der Waals surface area contributed by atoms with Gasteiger partial charge in [0.05, 0.1) is 0 Å². The van der Waals surface area contributed by atoms with Crippen molar-refractivity contribution in [2.75, 3.05) is 5.75 Å². The van der Waals surface area contributed by atoms with Gasteiger partial charge < -0.3 is 10.2 Å². The van der Waals surface area contributed by atoms with Crippen LogP contribution < -0.4 is 0 Å². The van der Waals surface area contributed by atoms with E-state index in [9.17, 15) is 10.2 Å². The van der Waals surface area contributed by atoms with E-state index in [0.717, 1.165) is 16.5 Å². The summed E-state index contributed by atoms with van der Waals surface area (Å²) in [5.41, 5.74) is 0.532. The van der Waals surface area contributed by atoms with Crippen molar-refractivity contribution in [1.29, 1.82) is 0 Å². The van der Waals surface area contributed by atoms with Gasteiger partial charge in [-0.15, -0.1) is 11.8 Å². The molecule has 0 spiro atoms. The lowest BCUT2D eigenvalue weighted by Crippen LogP contribution is -1.90. The summed E-state index contributed by atoms with van der Waals surface area (Å²) in [6.45, 7) is 6.09. The lowest BCUT2D eigenvalue weighted by Gasteiger charge is -2.09. The predicted octanol–water partition coefficient (Wildman–Crippen LogP) is 4.31.